The van der Waals surface area contributed by atoms with Gasteiger partial charge in [0.05, 0.1) is 6.54 Å². The van der Waals surface area contributed by atoms with Crippen LogP contribution in [0.1, 0.15) is 18.9 Å². The first-order valence-corrected chi connectivity index (χ1v) is 6.08. The molecule has 0 radical (unpaired) electrons. The maximum absolute atomic E-state index is 11.4. The van der Waals surface area contributed by atoms with Gasteiger partial charge in [-0.15, -0.1) is 0 Å². The summed E-state index contributed by atoms with van der Waals surface area (Å²) in [5.41, 5.74) is 3.56. The van der Waals surface area contributed by atoms with Gasteiger partial charge in [-0.3, -0.25) is 4.79 Å². The van der Waals surface area contributed by atoms with Gasteiger partial charge in [0.25, 0.3) is 0 Å². The maximum Gasteiger partial charge on any atom is 0.239 e. The molecule has 1 amide bonds. The zero-order chi connectivity index (χ0) is 13.0. The third-order valence-corrected chi connectivity index (χ3v) is 2.90. The molecule has 1 aliphatic rings. The van der Waals surface area contributed by atoms with Crippen LogP contribution >= 0.6 is 0 Å². The molecule has 7 nitrogen and oxygen atoms in total. The molecule has 1 aliphatic heterocycles. The average Bonchev–Trinajstić information content (AvgIpc) is 2.39. The lowest BCUT2D eigenvalue weighted by molar-refractivity contribution is -0.120. The summed E-state index contributed by atoms with van der Waals surface area (Å²) in [6.07, 6.45) is 3.26. The Kier molecular flexibility index (Phi) is 3.93. The molecule has 98 valence electrons. The Morgan fingerprint density at radius 2 is 2.39 bits per heavy atom. The van der Waals surface area contributed by atoms with Crippen molar-refractivity contribution in [3.63, 3.8) is 0 Å². The minimum absolute atomic E-state index is 0.0181. The second kappa shape index (κ2) is 5.63. The number of piperazine rings is 1. The van der Waals surface area contributed by atoms with E-state index in [2.05, 4.69) is 27.6 Å². The van der Waals surface area contributed by atoms with Crippen molar-refractivity contribution in [2.24, 2.45) is 5.84 Å². The van der Waals surface area contributed by atoms with E-state index >= 15 is 0 Å². The Labute approximate surface area is 106 Å². The summed E-state index contributed by atoms with van der Waals surface area (Å²) in [7, 11) is 0. The fraction of sp³-hybridized carbons (Fsp3) is 0.545. The van der Waals surface area contributed by atoms with Gasteiger partial charge in [-0.05, 0) is 6.42 Å². The highest BCUT2D eigenvalue weighted by atomic mass is 16.2. The normalized spacial score (nSPS) is 15.4. The predicted octanol–water partition coefficient (Wildman–Crippen LogP) is -0.349. The molecule has 0 unspecified atom stereocenters. The van der Waals surface area contributed by atoms with Crippen LogP contribution < -0.4 is 21.5 Å². The highest BCUT2D eigenvalue weighted by Crippen LogP contribution is 2.24. The van der Waals surface area contributed by atoms with E-state index in [0.29, 0.717) is 18.9 Å². The lowest BCUT2D eigenvalue weighted by atomic mass is 10.1. The second-order valence-corrected chi connectivity index (χ2v) is 4.19. The molecule has 4 N–H and O–H groups in total. The minimum Gasteiger partial charge on any atom is -0.353 e. The molecule has 0 atom stereocenters. The Hall–Kier alpha value is -1.89. The molecular weight excluding hydrogens is 232 g/mol. The first-order valence-electron chi connectivity index (χ1n) is 6.08. The molecule has 1 aromatic rings. The summed E-state index contributed by atoms with van der Waals surface area (Å²) in [6.45, 7) is 3.81. The molecule has 2 heterocycles. The lowest BCUT2D eigenvalue weighted by Crippen LogP contribution is -2.48. The Bertz CT molecular complexity index is 436. The van der Waals surface area contributed by atoms with Crippen molar-refractivity contribution in [3.8, 4) is 0 Å². The Morgan fingerprint density at radius 1 is 1.56 bits per heavy atom. The number of carbonyl (C=O) groups is 1. The van der Waals surface area contributed by atoms with Crippen LogP contribution in [0.3, 0.4) is 0 Å². The van der Waals surface area contributed by atoms with Crippen molar-refractivity contribution >= 4 is 17.5 Å². The van der Waals surface area contributed by atoms with Crippen LogP contribution in [0.25, 0.3) is 0 Å². The number of hydrogen-bond acceptors (Lipinski definition) is 6. The zero-order valence-electron chi connectivity index (χ0n) is 10.4. The number of nitrogens with zero attached hydrogens (tertiary/aromatic N) is 3. The molecule has 1 aromatic heterocycles. The number of amides is 1. The van der Waals surface area contributed by atoms with Gasteiger partial charge in [-0.1, -0.05) is 13.3 Å². The Morgan fingerprint density at radius 3 is 3.06 bits per heavy atom. The van der Waals surface area contributed by atoms with E-state index in [1.54, 1.807) is 0 Å². The number of hydrazine groups is 1. The second-order valence-electron chi connectivity index (χ2n) is 4.19. The fourth-order valence-corrected chi connectivity index (χ4v) is 2.10. The number of rotatable bonds is 4. The highest BCUT2D eigenvalue weighted by molar-refractivity contribution is 5.82. The van der Waals surface area contributed by atoms with Crippen LogP contribution in [-0.4, -0.2) is 35.5 Å². The zero-order valence-corrected chi connectivity index (χ0v) is 10.4. The van der Waals surface area contributed by atoms with E-state index in [-0.39, 0.29) is 5.91 Å². The number of anilines is 2. The van der Waals surface area contributed by atoms with E-state index < -0.39 is 0 Å². The highest BCUT2D eigenvalue weighted by Gasteiger charge is 2.21. The van der Waals surface area contributed by atoms with Gasteiger partial charge < -0.3 is 15.6 Å². The van der Waals surface area contributed by atoms with Gasteiger partial charge in [0, 0.05) is 18.7 Å². The van der Waals surface area contributed by atoms with Crippen LogP contribution in [0, 0.1) is 0 Å². The van der Waals surface area contributed by atoms with E-state index in [0.717, 1.165) is 30.8 Å². The molecule has 0 spiro atoms. The smallest absolute Gasteiger partial charge is 0.239 e. The average molecular weight is 250 g/mol. The van der Waals surface area contributed by atoms with Gasteiger partial charge >= 0.3 is 0 Å². The predicted molar refractivity (Wildman–Crippen MR) is 69.1 cm³/mol. The molecular formula is C11H18N6O. The van der Waals surface area contributed by atoms with Crippen molar-refractivity contribution in [1.82, 2.24) is 15.3 Å². The summed E-state index contributed by atoms with van der Waals surface area (Å²) < 4.78 is 0. The van der Waals surface area contributed by atoms with Crippen molar-refractivity contribution in [3.05, 3.63) is 11.9 Å². The van der Waals surface area contributed by atoms with Crippen LogP contribution in [-0.2, 0) is 11.2 Å². The number of hydrogen-bond donors (Lipinski definition) is 3. The van der Waals surface area contributed by atoms with E-state index in [4.69, 9.17) is 5.84 Å². The molecule has 1 saturated heterocycles. The molecule has 2 rings (SSSR count). The van der Waals surface area contributed by atoms with Gasteiger partial charge in [-0.25, -0.2) is 15.8 Å². The largest absolute Gasteiger partial charge is 0.353 e. The van der Waals surface area contributed by atoms with Crippen molar-refractivity contribution in [2.45, 2.75) is 19.8 Å². The van der Waals surface area contributed by atoms with E-state index in [9.17, 15) is 4.79 Å². The number of aromatic nitrogens is 2. The van der Waals surface area contributed by atoms with Gasteiger partial charge in [0.15, 0.2) is 0 Å². The van der Waals surface area contributed by atoms with Crippen LogP contribution in [0.4, 0.5) is 11.6 Å². The molecule has 0 aromatic carbocycles. The van der Waals surface area contributed by atoms with Crippen molar-refractivity contribution in [1.29, 1.82) is 0 Å². The quantitative estimate of drug-likeness (QED) is 0.499. The Balaban J connectivity index is 2.33. The summed E-state index contributed by atoms with van der Waals surface area (Å²) in [5.74, 6) is 6.92. The van der Waals surface area contributed by atoms with Crippen molar-refractivity contribution in [2.75, 3.05) is 30.0 Å². The third kappa shape index (κ3) is 2.51. The van der Waals surface area contributed by atoms with Crippen LogP contribution in [0.15, 0.2) is 6.33 Å². The first kappa shape index (κ1) is 12.6. The van der Waals surface area contributed by atoms with Crippen molar-refractivity contribution < 1.29 is 4.79 Å². The van der Waals surface area contributed by atoms with Crippen LogP contribution in [0.5, 0.6) is 0 Å². The lowest BCUT2D eigenvalue weighted by Gasteiger charge is -2.29. The third-order valence-electron chi connectivity index (χ3n) is 2.90. The summed E-state index contributed by atoms with van der Waals surface area (Å²) >= 11 is 0. The number of nitrogens with one attached hydrogen (secondary N) is 2. The van der Waals surface area contributed by atoms with E-state index in [1.165, 1.54) is 6.33 Å². The summed E-state index contributed by atoms with van der Waals surface area (Å²) in [5, 5.41) is 2.80. The molecule has 1 fully saturated rings. The SMILES string of the molecule is CCCc1c(NN)ncnc1N1CCNC(=O)C1. The van der Waals surface area contributed by atoms with Crippen LogP contribution in [0.2, 0.25) is 0 Å². The monoisotopic (exact) mass is 250 g/mol. The topological polar surface area (TPSA) is 96.2 Å². The number of nitrogen functional groups attached to an aromatic ring is 1. The maximum atomic E-state index is 11.4. The number of carbonyl (C=O) groups excluding carboxylic acids is 1. The first-order chi connectivity index (χ1) is 8.76. The molecule has 0 bridgehead atoms. The number of nitrogens with two attached hydrogens (primary N) is 1. The van der Waals surface area contributed by atoms with E-state index in [1.807, 2.05) is 4.90 Å². The molecule has 0 aliphatic carbocycles. The molecule has 0 saturated carbocycles. The van der Waals surface area contributed by atoms with Gasteiger partial charge in [0.2, 0.25) is 5.91 Å². The molecule has 18 heavy (non-hydrogen) atoms. The summed E-state index contributed by atoms with van der Waals surface area (Å²) in [6, 6.07) is 0. The molecule has 7 heteroatoms. The van der Waals surface area contributed by atoms with Gasteiger partial charge in [-0.2, -0.15) is 0 Å². The summed E-state index contributed by atoms with van der Waals surface area (Å²) in [4.78, 5) is 21.8. The standard InChI is InChI=1S/C11H18N6O/c1-2-3-8-10(16-12)14-7-15-11(8)17-5-4-13-9(18)6-17/h7H,2-6,12H2,1H3,(H,13,18)(H,14,15,16). The minimum atomic E-state index is 0.0181. The van der Waals surface area contributed by atoms with Gasteiger partial charge in [0.1, 0.15) is 18.0 Å². The fourth-order valence-electron chi connectivity index (χ4n) is 2.10.